The van der Waals surface area contributed by atoms with Gasteiger partial charge in [-0.1, -0.05) is 13.8 Å². The number of carboxylic acids is 1. The molecule has 1 heterocycles. The minimum Gasteiger partial charge on any atom is -0.481 e. The first-order chi connectivity index (χ1) is 6.96. The second-order valence-electron chi connectivity index (χ2n) is 5.87. The standard InChI is InChI=1S/C12H20O2S/c1-11(2)7-12(8-11,10(13)14)9-3-5-15-6-4-9/h9H,3-8H2,1-2H3,(H,13,14). The van der Waals surface area contributed by atoms with Crippen LogP contribution < -0.4 is 0 Å². The van der Waals surface area contributed by atoms with Gasteiger partial charge in [0, 0.05) is 0 Å². The van der Waals surface area contributed by atoms with Gasteiger partial charge in [0.05, 0.1) is 5.41 Å². The lowest BCUT2D eigenvalue weighted by atomic mass is 9.49. The molecule has 2 rings (SSSR count). The molecule has 0 aromatic heterocycles. The fourth-order valence-electron chi connectivity index (χ4n) is 3.52. The maximum atomic E-state index is 11.5. The molecule has 0 atom stereocenters. The van der Waals surface area contributed by atoms with Gasteiger partial charge >= 0.3 is 5.97 Å². The van der Waals surface area contributed by atoms with Crippen molar-refractivity contribution in [2.24, 2.45) is 16.7 Å². The van der Waals surface area contributed by atoms with Gasteiger partial charge in [0.15, 0.2) is 0 Å². The van der Waals surface area contributed by atoms with Gasteiger partial charge in [-0.05, 0) is 48.5 Å². The van der Waals surface area contributed by atoms with E-state index in [-0.39, 0.29) is 10.8 Å². The molecule has 15 heavy (non-hydrogen) atoms. The molecule has 0 unspecified atom stereocenters. The largest absolute Gasteiger partial charge is 0.481 e. The van der Waals surface area contributed by atoms with E-state index in [2.05, 4.69) is 13.8 Å². The van der Waals surface area contributed by atoms with Gasteiger partial charge in [-0.2, -0.15) is 11.8 Å². The van der Waals surface area contributed by atoms with Gasteiger partial charge in [-0.3, -0.25) is 4.79 Å². The molecule has 86 valence electrons. The quantitative estimate of drug-likeness (QED) is 0.789. The molecule has 0 spiro atoms. The van der Waals surface area contributed by atoms with Crippen LogP contribution in [0.3, 0.4) is 0 Å². The van der Waals surface area contributed by atoms with E-state index in [0.29, 0.717) is 5.92 Å². The highest BCUT2D eigenvalue weighted by atomic mass is 32.2. The van der Waals surface area contributed by atoms with Gasteiger partial charge in [0.25, 0.3) is 0 Å². The Kier molecular flexibility index (Phi) is 2.78. The summed E-state index contributed by atoms with van der Waals surface area (Å²) in [7, 11) is 0. The maximum absolute atomic E-state index is 11.5. The lowest BCUT2D eigenvalue weighted by molar-refractivity contribution is -0.172. The third kappa shape index (κ3) is 1.91. The third-order valence-electron chi connectivity index (χ3n) is 4.02. The average molecular weight is 228 g/mol. The van der Waals surface area contributed by atoms with Gasteiger partial charge in [0.1, 0.15) is 0 Å². The van der Waals surface area contributed by atoms with Crippen LogP contribution in [0.25, 0.3) is 0 Å². The molecule has 3 heteroatoms. The molecule has 1 saturated heterocycles. The van der Waals surface area contributed by atoms with E-state index in [9.17, 15) is 9.90 Å². The molecule has 2 nitrogen and oxygen atoms in total. The smallest absolute Gasteiger partial charge is 0.309 e. The average Bonchev–Trinajstić information content (AvgIpc) is 2.14. The number of carboxylic acid groups (broad SMARTS) is 1. The Labute approximate surface area is 95.8 Å². The Morgan fingerprint density at radius 2 is 1.80 bits per heavy atom. The summed E-state index contributed by atoms with van der Waals surface area (Å²) in [4.78, 5) is 11.5. The fourth-order valence-corrected chi connectivity index (χ4v) is 4.63. The Morgan fingerprint density at radius 3 is 2.20 bits per heavy atom. The third-order valence-corrected chi connectivity index (χ3v) is 5.07. The Hall–Kier alpha value is -0.180. The first-order valence-corrected chi connectivity index (χ1v) is 6.93. The molecule has 2 fully saturated rings. The van der Waals surface area contributed by atoms with Gasteiger partial charge in [0.2, 0.25) is 0 Å². The van der Waals surface area contributed by atoms with Crippen LogP contribution in [-0.2, 0) is 4.79 Å². The normalized spacial score (nSPS) is 29.5. The lowest BCUT2D eigenvalue weighted by Gasteiger charge is -2.55. The van der Waals surface area contributed by atoms with Crippen molar-refractivity contribution in [3.05, 3.63) is 0 Å². The summed E-state index contributed by atoms with van der Waals surface area (Å²) in [6.07, 6.45) is 3.97. The van der Waals surface area contributed by atoms with Crippen LogP contribution in [0, 0.1) is 16.7 Å². The van der Waals surface area contributed by atoms with Gasteiger partial charge < -0.3 is 5.11 Å². The summed E-state index contributed by atoms with van der Waals surface area (Å²) < 4.78 is 0. The van der Waals surface area contributed by atoms with E-state index in [4.69, 9.17) is 0 Å². The van der Waals surface area contributed by atoms with Crippen molar-refractivity contribution < 1.29 is 9.90 Å². The van der Waals surface area contributed by atoms with E-state index in [1.165, 1.54) is 0 Å². The topological polar surface area (TPSA) is 37.3 Å². The lowest BCUT2D eigenvalue weighted by Crippen LogP contribution is -2.53. The number of thioether (sulfide) groups is 1. The van der Waals surface area contributed by atoms with Crippen molar-refractivity contribution in [3.63, 3.8) is 0 Å². The zero-order chi connectivity index (χ0) is 11.1. The van der Waals surface area contributed by atoms with Crippen molar-refractivity contribution in [1.29, 1.82) is 0 Å². The summed E-state index contributed by atoms with van der Waals surface area (Å²) in [6, 6.07) is 0. The predicted octanol–water partition coefficient (Wildman–Crippen LogP) is 3.02. The van der Waals surface area contributed by atoms with Crippen molar-refractivity contribution in [2.75, 3.05) is 11.5 Å². The van der Waals surface area contributed by atoms with E-state index < -0.39 is 5.97 Å². The highest BCUT2D eigenvalue weighted by Gasteiger charge is 2.58. The highest BCUT2D eigenvalue weighted by Crippen LogP contribution is 2.60. The molecule has 0 amide bonds. The molecule has 0 radical (unpaired) electrons. The minimum absolute atomic E-state index is 0.253. The summed E-state index contributed by atoms with van der Waals surface area (Å²) in [5.74, 6) is 2.20. The first-order valence-electron chi connectivity index (χ1n) is 5.77. The molecule has 0 aromatic carbocycles. The van der Waals surface area contributed by atoms with Gasteiger partial charge in [-0.25, -0.2) is 0 Å². The molecule has 0 aromatic rings. The molecule has 1 N–H and O–H groups in total. The van der Waals surface area contributed by atoms with Crippen molar-refractivity contribution in [3.8, 4) is 0 Å². The predicted molar refractivity (Wildman–Crippen MR) is 63.1 cm³/mol. The number of hydrogen-bond acceptors (Lipinski definition) is 2. The Morgan fingerprint density at radius 1 is 1.27 bits per heavy atom. The molecule has 2 aliphatic rings. The minimum atomic E-state index is -0.543. The number of carbonyl (C=O) groups is 1. The number of aliphatic carboxylic acids is 1. The van der Waals surface area contributed by atoms with Crippen LogP contribution >= 0.6 is 11.8 Å². The molecular formula is C12H20O2S. The van der Waals surface area contributed by atoms with Crippen LogP contribution in [-0.4, -0.2) is 22.6 Å². The van der Waals surface area contributed by atoms with Crippen LogP contribution in [0.2, 0.25) is 0 Å². The first kappa shape index (κ1) is 11.3. The zero-order valence-electron chi connectivity index (χ0n) is 9.58. The fraction of sp³-hybridized carbons (Fsp3) is 0.917. The SMILES string of the molecule is CC1(C)CC(C(=O)O)(C2CCSCC2)C1. The van der Waals surface area contributed by atoms with Crippen molar-refractivity contribution in [2.45, 2.75) is 39.5 Å². The van der Waals surface area contributed by atoms with Crippen molar-refractivity contribution in [1.82, 2.24) is 0 Å². The monoisotopic (exact) mass is 228 g/mol. The number of hydrogen-bond donors (Lipinski definition) is 1. The molecule has 1 aliphatic carbocycles. The molecule has 1 aliphatic heterocycles. The van der Waals surface area contributed by atoms with E-state index in [1.807, 2.05) is 11.8 Å². The Balaban J connectivity index is 2.10. The zero-order valence-corrected chi connectivity index (χ0v) is 10.4. The van der Waals surface area contributed by atoms with Crippen LogP contribution in [0.4, 0.5) is 0 Å². The molecular weight excluding hydrogens is 208 g/mol. The van der Waals surface area contributed by atoms with E-state index in [1.54, 1.807) is 0 Å². The molecule has 1 saturated carbocycles. The second kappa shape index (κ2) is 3.69. The second-order valence-corrected chi connectivity index (χ2v) is 7.09. The van der Waals surface area contributed by atoms with Crippen LogP contribution in [0.5, 0.6) is 0 Å². The van der Waals surface area contributed by atoms with Crippen LogP contribution in [0.1, 0.15) is 39.5 Å². The summed E-state index contributed by atoms with van der Waals surface area (Å²) in [5.41, 5.74) is -0.118. The van der Waals surface area contributed by atoms with Crippen LogP contribution in [0.15, 0.2) is 0 Å². The maximum Gasteiger partial charge on any atom is 0.309 e. The van der Waals surface area contributed by atoms with E-state index >= 15 is 0 Å². The van der Waals surface area contributed by atoms with Gasteiger partial charge in [-0.15, -0.1) is 0 Å². The molecule has 0 bridgehead atoms. The van der Waals surface area contributed by atoms with Crippen molar-refractivity contribution >= 4 is 17.7 Å². The van der Waals surface area contributed by atoms with E-state index in [0.717, 1.165) is 37.2 Å². The summed E-state index contributed by atoms with van der Waals surface area (Å²) >= 11 is 1.97. The number of rotatable bonds is 2. The summed E-state index contributed by atoms with van der Waals surface area (Å²) in [6.45, 7) is 4.37. The summed E-state index contributed by atoms with van der Waals surface area (Å²) in [5, 5.41) is 9.46. The highest BCUT2D eigenvalue weighted by molar-refractivity contribution is 7.99. The Bertz CT molecular complexity index is 259.